The lowest BCUT2D eigenvalue weighted by Crippen LogP contribution is -2.25. The summed E-state index contributed by atoms with van der Waals surface area (Å²) in [7, 11) is 0. The van der Waals surface area contributed by atoms with Crippen LogP contribution in [-0.2, 0) is 20.7 Å². The summed E-state index contributed by atoms with van der Waals surface area (Å²) < 4.78 is 16.2. The number of esters is 1. The molecule has 1 aliphatic heterocycles. The van der Waals surface area contributed by atoms with Crippen LogP contribution < -0.4 is 9.47 Å². The van der Waals surface area contributed by atoms with Crippen LogP contribution in [0.25, 0.3) is 6.08 Å². The van der Waals surface area contributed by atoms with Crippen molar-refractivity contribution in [2.45, 2.75) is 33.3 Å². The second kappa shape index (κ2) is 8.99. The number of hydrogen-bond acceptors (Lipinski definition) is 7. The Morgan fingerprint density at radius 1 is 1.48 bits per heavy atom. The standard InChI is InChI=1S/C20H22N2O5/c1-4-25-18-9-15-7-12(2)27-19(15)8-14(18)5-6-20(24)26-11-17(23)16(10-21)13(3)22/h5-6,8-9,12,16,22H,4,7,11H2,1-3H3/b6-5+,22-13?/t12-,16-/m0/s1. The van der Waals surface area contributed by atoms with E-state index < -0.39 is 24.3 Å². The number of carbonyl (C=O) groups excluding carboxylic acids is 2. The fourth-order valence-electron chi connectivity index (χ4n) is 2.71. The minimum atomic E-state index is -1.19. The number of fused-ring (bicyclic) bond motifs is 1. The number of benzene rings is 1. The summed E-state index contributed by atoms with van der Waals surface area (Å²) in [6, 6.07) is 5.43. The van der Waals surface area contributed by atoms with Gasteiger partial charge in [0.2, 0.25) is 0 Å². The van der Waals surface area contributed by atoms with Crippen LogP contribution in [0.5, 0.6) is 11.5 Å². The molecular formula is C20H22N2O5. The van der Waals surface area contributed by atoms with Gasteiger partial charge in [-0.1, -0.05) is 0 Å². The van der Waals surface area contributed by atoms with Gasteiger partial charge in [0, 0.05) is 29.3 Å². The van der Waals surface area contributed by atoms with E-state index in [1.165, 1.54) is 19.1 Å². The first kappa shape index (κ1) is 20.2. The zero-order valence-corrected chi connectivity index (χ0v) is 15.6. The monoisotopic (exact) mass is 370 g/mol. The quantitative estimate of drug-likeness (QED) is 0.428. The maximum absolute atomic E-state index is 11.9. The van der Waals surface area contributed by atoms with Crippen molar-refractivity contribution in [1.29, 1.82) is 10.7 Å². The Morgan fingerprint density at radius 2 is 2.22 bits per heavy atom. The summed E-state index contributed by atoms with van der Waals surface area (Å²) in [4.78, 5) is 23.7. The molecule has 1 aromatic carbocycles. The van der Waals surface area contributed by atoms with Crippen LogP contribution in [0.15, 0.2) is 18.2 Å². The Morgan fingerprint density at radius 3 is 2.85 bits per heavy atom. The lowest BCUT2D eigenvalue weighted by molar-refractivity contribution is -0.143. The van der Waals surface area contributed by atoms with Crippen molar-refractivity contribution < 1.29 is 23.8 Å². The highest BCUT2D eigenvalue weighted by Crippen LogP contribution is 2.35. The predicted octanol–water partition coefficient (Wildman–Crippen LogP) is 2.71. The number of nitrogens with one attached hydrogen (secondary N) is 1. The molecule has 0 fully saturated rings. The van der Waals surface area contributed by atoms with Crippen molar-refractivity contribution in [3.05, 3.63) is 29.3 Å². The minimum Gasteiger partial charge on any atom is -0.493 e. The lowest BCUT2D eigenvalue weighted by Gasteiger charge is -2.10. The van der Waals surface area contributed by atoms with E-state index >= 15 is 0 Å². The van der Waals surface area contributed by atoms with Crippen LogP contribution in [0, 0.1) is 22.7 Å². The molecule has 0 aliphatic carbocycles. The molecular weight excluding hydrogens is 348 g/mol. The van der Waals surface area contributed by atoms with Crippen molar-refractivity contribution in [1.82, 2.24) is 0 Å². The number of ketones is 1. The van der Waals surface area contributed by atoms with E-state index in [1.54, 1.807) is 6.07 Å². The molecule has 7 nitrogen and oxygen atoms in total. The van der Waals surface area contributed by atoms with Crippen LogP contribution in [0.1, 0.15) is 31.9 Å². The Bertz CT molecular complexity index is 822. The molecule has 1 N–H and O–H groups in total. The van der Waals surface area contributed by atoms with Gasteiger partial charge in [0.05, 0.1) is 12.7 Å². The highest BCUT2D eigenvalue weighted by atomic mass is 16.5. The van der Waals surface area contributed by atoms with Crippen LogP contribution >= 0.6 is 0 Å². The van der Waals surface area contributed by atoms with E-state index in [0.717, 1.165) is 17.7 Å². The molecule has 1 aliphatic rings. The van der Waals surface area contributed by atoms with Gasteiger partial charge in [0.15, 0.2) is 12.4 Å². The van der Waals surface area contributed by atoms with Gasteiger partial charge in [-0.15, -0.1) is 0 Å². The minimum absolute atomic E-state index is 0.0807. The van der Waals surface area contributed by atoms with E-state index in [0.29, 0.717) is 17.9 Å². The maximum Gasteiger partial charge on any atom is 0.331 e. The third kappa shape index (κ3) is 5.17. The van der Waals surface area contributed by atoms with E-state index in [9.17, 15) is 9.59 Å². The first-order valence-electron chi connectivity index (χ1n) is 8.64. The molecule has 0 saturated heterocycles. The van der Waals surface area contributed by atoms with Gasteiger partial charge in [-0.3, -0.25) is 4.79 Å². The number of carbonyl (C=O) groups is 2. The zero-order valence-electron chi connectivity index (χ0n) is 15.6. The molecule has 142 valence electrons. The van der Waals surface area contributed by atoms with Crippen molar-refractivity contribution in [2.75, 3.05) is 13.2 Å². The first-order valence-corrected chi connectivity index (χ1v) is 8.64. The number of hydrogen-bond donors (Lipinski definition) is 1. The van der Waals surface area contributed by atoms with Crippen LogP contribution in [0.2, 0.25) is 0 Å². The number of ether oxygens (including phenoxy) is 3. The predicted molar refractivity (Wildman–Crippen MR) is 98.9 cm³/mol. The van der Waals surface area contributed by atoms with Gasteiger partial charge < -0.3 is 19.6 Å². The lowest BCUT2D eigenvalue weighted by atomic mass is 10.0. The Kier molecular flexibility index (Phi) is 6.72. The van der Waals surface area contributed by atoms with Gasteiger partial charge in [-0.25, -0.2) is 4.79 Å². The number of nitrogens with zero attached hydrogens (tertiary/aromatic N) is 1. The summed E-state index contributed by atoms with van der Waals surface area (Å²) in [6.07, 6.45) is 3.62. The average molecular weight is 370 g/mol. The summed E-state index contributed by atoms with van der Waals surface area (Å²) in [5.74, 6) is -1.14. The van der Waals surface area contributed by atoms with Crippen molar-refractivity contribution >= 4 is 23.5 Å². The summed E-state index contributed by atoms with van der Waals surface area (Å²) in [5, 5.41) is 16.2. The topological polar surface area (TPSA) is 109 Å². The van der Waals surface area contributed by atoms with Crippen molar-refractivity contribution in [2.24, 2.45) is 5.92 Å². The molecule has 2 atom stereocenters. The Balaban J connectivity index is 2.05. The van der Waals surface area contributed by atoms with E-state index in [1.807, 2.05) is 26.0 Å². The van der Waals surface area contributed by atoms with Gasteiger partial charge in [-0.05, 0) is 39.0 Å². The summed E-state index contributed by atoms with van der Waals surface area (Å²) in [5.41, 5.74) is 1.64. The number of rotatable bonds is 8. The smallest absolute Gasteiger partial charge is 0.331 e. The van der Waals surface area contributed by atoms with E-state index in [2.05, 4.69) is 0 Å². The number of nitriles is 1. The van der Waals surface area contributed by atoms with Gasteiger partial charge >= 0.3 is 5.97 Å². The van der Waals surface area contributed by atoms with Gasteiger partial charge in [-0.2, -0.15) is 5.26 Å². The second-order valence-corrected chi connectivity index (χ2v) is 6.22. The number of Topliss-reactive ketones (excluding diaryl/α,β-unsaturated/α-hetero) is 1. The third-order valence-electron chi connectivity index (χ3n) is 3.97. The first-order chi connectivity index (χ1) is 12.8. The second-order valence-electron chi connectivity index (χ2n) is 6.22. The molecule has 1 heterocycles. The van der Waals surface area contributed by atoms with Crippen LogP contribution in [0.3, 0.4) is 0 Å². The van der Waals surface area contributed by atoms with Crippen molar-refractivity contribution in [3.8, 4) is 17.6 Å². The molecule has 0 unspecified atom stereocenters. The van der Waals surface area contributed by atoms with Crippen LogP contribution in [0.4, 0.5) is 0 Å². The largest absolute Gasteiger partial charge is 0.493 e. The molecule has 0 aromatic heterocycles. The molecule has 0 spiro atoms. The average Bonchev–Trinajstić information content (AvgIpc) is 2.97. The van der Waals surface area contributed by atoms with E-state index in [-0.39, 0.29) is 11.8 Å². The Labute approximate surface area is 158 Å². The summed E-state index contributed by atoms with van der Waals surface area (Å²) >= 11 is 0. The normalized spacial score (nSPS) is 16.1. The molecule has 0 saturated carbocycles. The van der Waals surface area contributed by atoms with Gasteiger partial charge in [0.1, 0.15) is 23.5 Å². The third-order valence-corrected chi connectivity index (χ3v) is 3.97. The molecule has 1 aromatic rings. The zero-order chi connectivity index (χ0) is 20.0. The SMILES string of the molecule is CCOc1cc2c(cc1/C=C/C(=O)OCC(=O)[C@@H](C#N)C(C)=N)O[C@@H](C)C2. The van der Waals surface area contributed by atoms with Crippen LogP contribution in [-0.4, -0.2) is 36.8 Å². The molecule has 7 heteroatoms. The molecule has 0 amide bonds. The molecule has 0 radical (unpaired) electrons. The van der Waals surface area contributed by atoms with E-state index in [4.69, 9.17) is 24.9 Å². The maximum atomic E-state index is 11.9. The summed E-state index contributed by atoms with van der Waals surface area (Å²) in [6.45, 7) is 5.14. The molecule has 27 heavy (non-hydrogen) atoms. The Hall–Kier alpha value is -3.14. The highest BCUT2D eigenvalue weighted by Gasteiger charge is 2.22. The molecule has 0 bridgehead atoms. The fraction of sp³-hybridized carbons (Fsp3) is 0.400. The fourth-order valence-corrected chi connectivity index (χ4v) is 2.71. The highest BCUT2D eigenvalue weighted by molar-refractivity contribution is 6.06. The molecule has 2 rings (SSSR count). The van der Waals surface area contributed by atoms with Crippen molar-refractivity contribution in [3.63, 3.8) is 0 Å². The van der Waals surface area contributed by atoms with Gasteiger partial charge in [0.25, 0.3) is 0 Å².